The number of benzene rings is 1. The molecular weight excluding hydrogens is 411 g/mol. The molecule has 0 amide bonds. The maximum absolute atomic E-state index is 12.9. The number of pyridine rings is 1. The molecule has 8 heteroatoms. The van der Waals surface area contributed by atoms with Crippen LogP contribution in [0.3, 0.4) is 0 Å². The topological polar surface area (TPSA) is 57.2 Å². The van der Waals surface area contributed by atoms with Crippen molar-refractivity contribution in [2.45, 2.75) is 0 Å². The van der Waals surface area contributed by atoms with Gasteiger partial charge in [-0.15, -0.1) is 17.0 Å². The number of anilines is 2. The number of hydrogen-bond acceptors (Lipinski definition) is 6. The van der Waals surface area contributed by atoms with Gasteiger partial charge in [-0.2, -0.15) is 0 Å². The van der Waals surface area contributed by atoms with Crippen LogP contribution in [0.2, 0.25) is 0 Å². The average molecular weight is 433 g/mol. The first-order valence-corrected chi connectivity index (χ1v) is 8.82. The fourth-order valence-electron chi connectivity index (χ4n) is 3.15. The predicted molar refractivity (Wildman–Crippen MR) is 111 cm³/mol. The molecule has 142 valence electrons. The summed E-state index contributed by atoms with van der Waals surface area (Å²) in [5.41, 5.74) is 1.01. The number of piperazine rings is 1. The monoisotopic (exact) mass is 432 g/mol. The summed E-state index contributed by atoms with van der Waals surface area (Å²) in [6.45, 7) is 5.37. The largest absolute Gasteiger partial charge is 0.369 e. The van der Waals surface area contributed by atoms with Crippen LogP contribution in [0.4, 0.5) is 16.2 Å². The molecule has 0 aliphatic carbocycles. The molecular formula is C19H22BrFN6. The Morgan fingerprint density at radius 3 is 2.48 bits per heavy atom. The Morgan fingerprint density at radius 2 is 1.70 bits per heavy atom. The van der Waals surface area contributed by atoms with Crippen LogP contribution < -0.4 is 10.2 Å². The summed E-state index contributed by atoms with van der Waals surface area (Å²) in [6.07, 6.45) is 2.43. The number of hydrogen-bond donors (Lipinski definition) is 1. The van der Waals surface area contributed by atoms with E-state index in [-0.39, 0.29) is 17.0 Å². The summed E-state index contributed by atoms with van der Waals surface area (Å²) in [5.74, 6) is 1.10. The van der Waals surface area contributed by atoms with Crippen molar-refractivity contribution in [2.75, 3.05) is 49.5 Å². The van der Waals surface area contributed by atoms with Gasteiger partial charge in [0.2, 0.25) is 5.95 Å². The molecule has 1 aliphatic rings. The molecule has 3 aromatic rings. The Bertz CT molecular complexity index is 867. The third-order valence-corrected chi connectivity index (χ3v) is 4.59. The quantitative estimate of drug-likeness (QED) is 0.668. The zero-order valence-corrected chi connectivity index (χ0v) is 16.6. The molecule has 0 radical (unpaired) electrons. The highest BCUT2D eigenvalue weighted by Crippen LogP contribution is 2.14. The van der Waals surface area contributed by atoms with Crippen LogP contribution in [0.25, 0.3) is 10.9 Å². The summed E-state index contributed by atoms with van der Waals surface area (Å²) in [4.78, 5) is 17.2. The summed E-state index contributed by atoms with van der Waals surface area (Å²) in [7, 11) is 0. The Labute approximate surface area is 168 Å². The van der Waals surface area contributed by atoms with Gasteiger partial charge >= 0.3 is 0 Å². The van der Waals surface area contributed by atoms with Crippen molar-refractivity contribution in [1.82, 2.24) is 19.9 Å². The lowest BCUT2D eigenvalue weighted by Gasteiger charge is -2.34. The zero-order chi connectivity index (χ0) is 17.8. The maximum atomic E-state index is 12.9. The SMILES string of the molecule is Br.Fc1cnc(N2CCN(CCNc3ccc4ccccc4n3)CC2)nc1. The Balaban J connectivity index is 0.00000210. The van der Waals surface area contributed by atoms with Crippen LogP contribution in [0.5, 0.6) is 0 Å². The zero-order valence-electron chi connectivity index (χ0n) is 14.9. The van der Waals surface area contributed by atoms with Crippen molar-refractivity contribution < 1.29 is 4.39 Å². The molecule has 0 unspecified atom stereocenters. The molecule has 1 aliphatic heterocycles. The molecule has 1 aromatic carbocycles. The molecule has 27 heavy (non-hydrogen) atoms. The standard InChI is InChI=1S/C19H21FN6.BrH/c20-16-13-22-19(23-14-16)26-11-9-25(10-12-26)8-7-21-18-6-5-15-3-1-2-4-17(15)24-18;/h1-6,13-14H,7-12H2,(H,21,24);1H. The number of para-hydroxylation sites is 1. The molecule has 0 saturated carbocycles. The predicted octanol–water partition coefficient (Wildman–Crippen LogP) is 2.98. The molecule has 1 saturated heterocycles. The molecule has 0 bridgehead atoms. The van der Waals surface area contributed by atoms with Crippen molar-refractivity contribution >= 4 is 39.7 Å². The lowest BCUT2D eigenvalue weighted by atomic mass is 10.2. The summed E-state index contributed by atoms with van der Waals surface area (Å²) >= 11 is 0. The minimum absolute atomic E-state index is 0. The van der Waals surface area contributed by atoms with Crippen molar-refractivity contribution in [3.8, 4) is 0 Å². The first kappa shape index (κ1) is 19.4. The van der Waals surface area contributed by atoms with E-state index in [2.05, 4.69) is 42.2 Å². The second-order valence-corrected chi connectivity index (χ2v) is 6.35. The van der Waals surface area contributed by atoms with Crippen molar-refractivity contribution in [3.63, 3.8) is 0 Å². The number of halogens is 2. The van der Waals surface area contributed by atoms with E-state index in [0.29, 0.717) is 5.95 Å². The lowest BCUT2D eigenvalue weighted by molar-refractivity contribution is 0.266. The van der Waals surface area contributed by atoms with Crippen LogP contribution >= 0.6 is 17.0 Å². The maximum Gasteiger partial charge on any atom is 0.225 e. The van der Waals surface area contributed by atoms with Gasteiger partial charge in [0, 0.05) is 44.7 Å². The van der Waals surface area contributed by atoms with Gasteiger partial charge in [0.05, 0.1) is 17.9 Å². The van der Waals surface area contributed by atoms with E-state index in [1.54, 1.807) is 0 Å². The second kappa shape index (κ2) is 9.05. The van der Waals surface area contributed by atoms with E-state index in [0.717, 1.165) is 56.0 Å². The minimum atomic E-state index is -0.402. The summed E-state index contributed by atoms with van der Waals surface area (Å²) < 4.78 is 12.9. The molecule has 0 atom stereocenters. The lowest BCUT2D eigenvalue weighted by Crippen LogP contribution is -2.48. The average Bonchev–Trinajstić information content (AvgIpc) is 2.69. The fourth-order valence-corrected chi connectivity index (χ4v) is 3.15. The van der Waals surface area contributed by atoms with Gasteiger partial charge < -0.3 is 10.2 Å². The fraction of sp³-hybridized carbons (Fsp3) is 0.316. The second-order valence-electron chi connectivity index (χ2n) is 6.35. The number of nitrogens with one attached hydrogen (secondary N) is 1. The van der Waals surface area contributed by atoms with Gasteiger partial charge in [0.25, 0.3) is 0 Å². The summed E-state index contributed by atoms with van der Waals surface area (Å²) in [6, 6.07) is 12.2. The Kier molecular flexibility index (Phi) is 6.52. The van der Waals surface area contributed by atoms with Crippen LogP contribution in [0.1, 0.15) is 0 Å². The number of aromatic nitrogens is 3. The number of fused-ring (bicyclic) bond motifs is 1. The van der Waals surface area contributed by atoms with E-state index in [1.807, 2.05) is 24.3 Å². The molecule has 2 aromatic heterocycles. The Morgan fingerprint density at radius 1 is 0.963 bits per heavy atom. The third-order valence-electron chi connectivity index (χ3n) is 4.59. The smallest absolute Gasteiger partial charge is 0.225 e. The first-order valence-electron chi connectivity index (χ1n) is 8.82. The molecule has 4 rings (SSSR count). The first-order chi connectivity index (χ1) is 12.8. The van der Waals surface area contributed by atoms with Gasteiger partial charge in [-0.25, -0.2) is 19.3 Å². The van der Waals surface area contributed by atoms with Crippen LogP contribution in [0.15, 0.2) is 48.8 Å². The normalized spacial score (nSPS) is 14.8. The van der Waals surface area contributed by atoms with Gasteiger partial charge in [-0.05, 0) is 18.2 Å². The van der Waals surface area contributed by atoms with E-state index in [4.69, 9.17) is 0 Å². The number of rotatable bonds is 5. The third kappa shape index (κ3) is 4.90. The molecule has 1 N–H and O–H groups in total. The van der Waals surface area contributed by atoms with E-state index < -0.39 is 5.82 Å². The molecule has 6 nitrogen and oxygen atoms in total. The van der Waals surface area contributed by atoms with Gasteiger partial charge in [-0.1, -0.05) is 18.2 Å². The molecule has 1 fully saturated rings. The number of nitrogens with zero attached hydrogens (tertiary/aromatic N) is 5. The van der Waals surface area contributed by atoms with Gasteiger partial charge in [-0.3, -0.25) is 4.90 Å². The van der Waals surface area contributed by atoms with Crippen LogP contribution in [-0.4, -0.2) is 59.1 Å². The highest BCUT2D eigenvalue weighted by atomic mass is 79.9. The van der Waals surface area contributed by atoms with E-state index in [9.17, 15) is 4.39 Å². The van der Waals surface area contributed by atoms with Gasteiger partial charge in [0.1, 0.15) is 5.82 Å². The van der Waals surface area contributed by atoms with Crippen LogP contribution in [0, 0.1) is 5.82 Å². The highest BCUT2D eigenvalue weighted by molar-refractivity contribution is 8.93. The minimum Gasteiger partial charge on any atom is -0.369 e. The van der Waals surface area contributed by atoms with Gasteiger partial charge in [0.15, 0.2) is 5.82 Å². The van der Waals surface area contributed by atoms with Crippen molar-refractivity contribution in [1.29, 1.82) is 0 Å². The molecule has 0 spiro atoms. The summed E-state index contributed by atoms with van der Waals surface area (Å²) in [5, 5.41) is 4.55. The van der Waals surface area contributed by atoms with Crippen molar-refractivity contribution in [2.24, 2.45) is 0 Å². The molecule has 3 heterocycles. The van der Waals surface area contributed by atoms with E-state index in [1.165, 1.54) is 12.4 Å². The highest BCUT2D eigenvalue weighted by Gasteiger charge is 2.18. The Hall–Kier alpha value is -2.32. The van der Waals surface area contributed by atoms with Crippen LogP contribution in [-0.2, 0) is 0 Å². The van der Waals surface area contributed by atoms with Crippen molar-refractivity contribution in [3.05, 3.63) is 54.6 Å². The van der Waals surface area contributed by atoms with E-state index >= 15 is 0 Å².